The van der Waals surface area contributed by atoms with Crippen LogP contribution in [0.1, 0.15) is 105 Å². The van der Waals surface area contributed by atoms with Crippen LogP contribution in [0.2, 0.25) is 0 Å². The highest BCUT2D eigenvalue weighted by Gasteiger charge is 2.37. The summed E-state index contributed by atoms with van der Waals surface area (Å²) in [5.74, 6) is -0.140. The van der Waals surface area contributed by atoms with Gasteiger partial charge in [-0.3, -0.25) is 9.69 Å². The molecule has 2 aliphatic rings. The smallest absolute Gasteiger partial charge is 0.408 e. The third-order valence-electron chi connectivity index (χ3n) is 6.03. The van der Waals surface area contributed by atoms with Gasteiger partial charge < -0.3 is 15.4 Å². The number of amides is 4. The van der Waals surface area contributed by atoms with Crippen LogP contribution in [0.15, 0.2) is 0 Å². The van der Waals surface area contributed by atoms with Crippen LogP contribution in [0.4, 0.5) is 9.59 Å². The number of alkyl carbamates (subject to hydrolysis) is 1. The summed E-state index contributed by atoms with van der Waals surface area (Å²) in [6.45, 7) is 9.38. The van der Waals surface area contributed by atoms with Crippen molar-refractivity contribution < 1.29 is 19.1 Å². The van der Waals surface area contributed by atoms with Gasteiger partial charge in [0.05, 0.1) is 0 Å². The van der Waals surface area contributed by atoms with Crippen molar-refractivity contribution in [2.24, 2.45) is 5.92 Å². The predicted molar refractivity (Wildman–Crippen MR) is 122 cm³/mol. The zero-order chi connectivity index (χ0) is 23.0. The molecule has 0 heterocycles. The molecular formula is C24H43N3O4. The topological polar surface area (TPSA) is 87.7 Å². The van der Waals surface area contributed by atoms with Crippen LogP contribution < -0.4 is 10.6 Å². The summed E-state index contributed by atoms with van der Waals surface area (Å²) < 4.78 is 5.39. The van der Waals surface area contributed by atoms with Crippen molar-refractivity contribution >= 4 is 18.0 Å². The predicted octanol–water partition coefficient (Wildman–Crippen LogP) is 5.13. The molecule has 0 aliphatic heterocycles. The minimum Gasteiger partial charge on any atom is -0.444 e. The number of nitrogens with one attached hydrogen (secondary N) is 2. The Kier molecular flexibility index (Phi) is 9.63. The number of imide groups is 1. The highest BCUT2D eigenvalue weighted by atomic mass is 16.6. The SMILES string of the molecule is CC(C)C[C@H](NC(=O)OC(C)(C)C)C(=O)N(C(=O)NC1CCCCC1)C1CCCCC1. The van der Waals surface area contributed by atoms with Crippen LogP contribution in [0.5, 0.6) is 0 Å². The summed E-state index contributed by atoms with van der Waals surface area (Å²) in [4.78, 5) is 40.8. The maximum absolute atomic E-state index is 13.7. The second kappa shape index (κ2) is 11.7. The van der Waals surface area contributed by atoms with Crippen molar-refractivity contribution in [3.8, 4) is 0 Å². The second-order valence-electron chi connectivity index (χ2n) is 10.6. The summed E-state index contributed by atoms with van der Waals surface area (Å²) >= 11 is 0. The lowest BCUT2D eigenvalue weighted by atomic mass is 9.92. The summed E-state index contributed by atoms with van der Waals surface area (Å²) in [5.41, 5.74) is -0.656. The van der Waals surface area contributed by atoms with E-state index in [1.54, 1.807) is 20.8 Å². The monoisotopic (exact) mass is 437 g/mol. The van der Waals surface area contributed by atoms with E-state index in [9.17, 15) is 14.4 Å². The third kappa shape index (κ3) is 8.69. The molecule has 2 aliphatic carbocycles. The standard InChI is InChI=1S/C24H43N3O4/c1-17(2)16-20(26-23(30)31-24(3,4)5)21(28)27(19-14-10-7-11-15-19)22(29)25-18-12-8-6-9-13-18/h17-20H,6-16H2,1-5H3,(H,25,29)(H,26,30)/t20-/m0/s1. The van der Waals surface area contributed by atoms with Crippen molar-refractivity contribution in [2.75, 3.05) is 0 Å². The normalized spacial score (nSPS) is 19.5. The summed E-state index contributed by atoms with van der Waals surface area (Å²) in [6.07, 6.45) is 9.99. The zero-order valence-corrected chi connectivity index (χ0v) is 20.2. The minimum atomic E-state index is -0.783. The van der Waals surface area contributed by atoms with E-state index in [2.05, 4.69) is 10.6 Å². The average molecular weight is 438 g/mol. The molecule has 0 bridgehead atoms. The molecule has 0 aromatic heterocycles. The molecule has 0 aromatic carbocycles. The Hall–Kier alpha value is -1.79. The van der Waals surface area contributed by atoms with Crippen molar-refractivity contribution in [1.29, 1.82) is 0 Å². The maximum atomic E-state index is 13.7. The molecule has 1 atom stereocenters. The molecule has 0 spiro atoms. The molecule has 2 N–H and O–H groups in total. The second-order valence-corrected chi connectivity index (χ2v) is 10.6. The van der Waals surface area contributed by atoms with Crippen LogP contribution in [-0.2, 0) is 9.53 Å². The molecule has 0 radical (unpaired) electrons. The fourth-order valence-corrected chi connectivity index (χ4v) is 4.59. The van der Waals surface area contributed by atoms with Crippen LogP contribution in [0.25, 0.3) is 0 Å². The van der Waals surface area contributed by atoms with Crippen LogP contribution in [0.3, 0.4) is 0 Å². The molecule has 4 amide bonds. The van der Waals surface area contributed by atoms with E-state index in [0.717, 1.165) is 57.8 Å². The molecule has 2 fully saturated rings. The van der Waals surface area contributed by atoms with Gasteiger partial charge in [-0.2, -0.15) is 0 Å². The highest BCUT2D eigenvalue weighted by Crippen LogP contribution is 2.25. The first-order valence-electron chi connectivity index (χ1n) is 12.2. The number of hydrogen-bond acceptors (Lipinski definition) is 4. The van der Waals surface area contributed by atoms with Gasteiger partial charge in [-0.1, -0.05) is 52.4 Å². The van der Waals surface area contributed by atoms with Crippen molar-refractivity contribution in [1.82, 2.24) is 15.5 Å². The Morgan fingerprint density at radius 2 is 1.48 bits per heavy atom. The van der Waals surface area contributed by atoms with Crippen molar-refractivity contribution in [3.05, 3.63) is 0 Å². The molecular weight excluding hydrogens is 394 g/mol. The molecule has 2 saturated carbocycles. The molecule has 2 rings (SSSR count). The van der Waals surface area contributed by atoms with Gasteiger partial charge in [-0.15, -0.1) is 0 Å². The Bertz CT molecular complexity index is 602. The number of rotatable bonds is 6. The van der Waals surface area contributed by atoms with Gasteiger partial charge in [0.25, 0.3) is 5.91 Å². The van der Waals surface area contributed by atoms with E-state index in [-0.39, 0.29) is 29.9 Å². The number of hydrogen-bond donors (Lipinski definition) is 2. The summed E-state index contributed by atoms with van der Waals surface area (Å²) in [5, 5.41) is 5.87. The number of carbonyl (C=O) groups is 3. The fraction of sp³-hybridized carbons (Fsp3) is 0.875. The molecule has 0 saturated heterocycles. The lowest BCUT2D eigenvalue weighted by molar-refractivity contribution is -0.133. The van der Waals surface area contributed by atoms with E-state index < -0.39 is 17.7 Å². The van der Waals surface area contributed by atoms with Gasteiger partial charge in [-0.05, 0) is 58.8 Å². The third-order valence-corrected chi connectivity index (χ3v) is 6.03. The molecule has 0 aromatic rings. The van der Waals surface area contributed by atoms with Crippen LogP contribution in [0, 0.1) is 5.92 Å². The maximum Gasteiger partial charge on any atom is 0.408 e. The molecule has 178 valence electrons. The van der Waals surface area contributed by atoms with Gasteiger partial charge in [-0.25, -0.2) is 9.59 Å². The van der Waals surface area contributed by atoms with Crippen LogP contribution in [-0.4, -0.2) is 46.7 Å². The summed E-state index contributed by atoms with van der Waals surface area (Å²) in [6, 6.07) is -1.07. The number of nitrogens with zero attached hydrogens (tertiary/aromatic N) is 1. The lowest BCUT2D eigenvalue weighted by Gasteiger charge is -2.37. The van der Waals surface area contributed by atoms with E-state index in [4.69, 9.17) is 4.74 Å². The highest BCUT2D eigenvalue weighted by molar-refractivity contribution is 5.98. The van der Waals surface area contributed by atoms with Gasteiger partial charge in [0.15, 0.2) is 0 Å². The Morgan fingerprint density at radius 3 is 2.00 bits per heavy atom. The van der Waals surface area contributed by atoms with E-state index in [0.29, 0.717) is 6.42 Å². The molecule has 7 heteroatoms. The Labute approximate surface area is 188 Å². The van der Waals surface area contributed by atoms with E-state index >= 15 is 0 Å². The zero-order valence-electron chi connectivity index (χ0n) is 20.2. The molecule has 7 nitrogen and oxygen atoms in total. The van der Waals surface area contributed by atoms with Crippen LogP contribution >= 0.6 is 0 Å². The van der Waals surface area contributed by atoms with Crippen molar-refractivity contribution in [3.63, 3.8) is 0 Å². The first kappa shape index (κ1) is 25.5. The number of carbonyl (C=O) groups excluding carboxylic acids is 3. The number of ether oxygens (including phenoxy) is 1. The molecule has 31 heavy (non-hydrogen) atoms. The number of urea groups is 1. The first-order chi connectivity index (χ1) is 14.6. The fourth-order valence-electron chi connectivity index (χ4n) is 4.59. The largest absolute Gasteiger partial charge is 0.444 e. The van der Waals surface area contributed by atoms with Crippen molar-refractivity contribution in [2.45, 2.75) is 129 Å². The first-order valence-corrected chi connectivity index (χ1v) is 12.2. The Balaban J connectivity index is 2.18. The van der Waals surface area contributed by atoms with Gasteiger partial charge in [0.2, 0.25) is 0 Å². The summed E-state index contributed by atoms with van der Waals surface area (Å²) in [7, 11) is 0. The van der Waals surface area contributed by atoms with Gasteiger partial charge in [0.1, 0.15) is 11.6 Å². The van der Waals surface area contributed by atoms with Gasteiger partial charge in [0, 0.05) is 12.1 Å². The lowest BCUT2D eigenvalue weighted by Crippen LogP contribution is -2.58. The molecule has 0 unspecified atom stereocenters. The van der Waals surface area contributed by atoms with E-state index in [1.807, 2.05) is 13.8 Å². The Morgan fingerprint density at radius 1 is 0.935 bits per heavy atom. The quantitative estimate of drug-likeness (QED) is 0.603. The van der Waals surface area contributed by atoms with E-state index in [1.165, 1.54) is 11.3 Å². The minimum absolute atomic E-state index is 0.111. The average Bonchev–Trinajstić information content (AvgIpc) is 2.67. The van der Waals surface area contributed by atoms with Gasteiger partial charge >= 0.3 is 12.1 Å².